The molecule has 0 aromatic heterocycles. The van der Waals surface area contributed by atoms with Gasteiger partial charge >= 0.3 is 0 Å². The molecule has 0 N–H and O–H groups in total. The molecule has 0 atom stereocenters. The first-order valence-electron chi connectivity index (χ1n) is 12.2. The second-order valence-corrected chi connectivity index (χ2v) is 9.74. The average molecular weight is 425 g/mol. The molecule has 2 saturated carbocycles. The van der Waals surface area contributed by atoms with Gasteiger partial charge in [0, 0.05) is 13.7 Å². The maximum Gasteiger partial charge on any atom is 0.194 e. The van der Waals surface area contributed by atoms with Gasteiger partial charge in [0.05, 0.1) is 0 Å². The van der Waals surface area contributed by atoms with E-state index in [9.17, 15) is 13.2 Å². The van der Waals surface area contributed by atoms with Crippen molar-refractivity contribution in [2.45, 2.75) is 95.8 Å². The highest BCUT2D eigenvalue weighted by Gasteiger charge is 2.31. The van der Waals surface area contributed by atoms with Gasteiger partial charge in [-0.1, -0.05) is 44.9 Å². The number of ether oxygens (including phenoxy) is 1. The number of hydrogen-bond acceptors (Lipinski definition) is 1. The fourth-order valence-corrected chi connectivity index (χ4v) is 5.89. The van der Waals surface area contributed by atoms with Gasteiger partial charge < -0.3 is 4.74 Å². The summed E-state index contributed by atoms with van der Waals surface area (Å²) >= 11 is 0. The highest BCUT2D eigenvalue weighted by atomic mass is 19.2. The van der Waals surface area contributed by atoms with E-state index in [0.717, 1.165) is 50.0 Å². The maximum atomic E-state index is 13.6. The maximum absolute atomic E-state index is 13.6. The monoisotopic (exact) mass is 424 g/mol. The average Bonchev–Trinajstić information content (AvgIpc) is 2.77. The van der Waals surface area contributed by atoms with Crippen LogP contribution in [-0.2, 0) is 4.74 Å². The molecule has 3 rings (SSSR count). The first-order valence-corrected chi connectivity index (χ1v) is 12.2. The Morgan fingerprint density at radius 1 is 0.733 bits per heavy atom. The SMILES string of the molecule is COCCCCCCCC1CCC(C2CCC(c3cc(F)c(F)c(F)c3)CC2)CC1. The minimum atomic E-state index is -1.35. The number of unbranched alkanes of at least 4 members (excludes halogenated alkanes) is 4. The van der Waals surface area contributed by atoms with Crippen molar-refractivity contribution in [1.29, 1.82) is 0 Å². The number of halogens is 3. The molecule has 30 heavy (non-hydrogen) atoms. The Bertz CT molecular complexity index is 608. The second-order valence-electron chi connectivity index (χ2n) is 9.74. The number of rotatable bonds is 10. The topological polar surface area (TPSA) is 9.23 Å². The molecule has 0 radical (unpaired) electrons. The minimum absolute atomic E-state index is 0.172. The molecule has 1 aromatic rings. The lowest BCUT2D eigenvalue weighted by molar-refractivity contribution is 0.155. The Labute approximate surface area is 180 Å². The van der Waals surface area contributed by atoms with Crippen LogP contribution in [0.5, 0.6) is 0 Å². The molecule has 2 aliphatic rings. The zero-order valence-electron chi connectivity index (χ0n) is 18.6. The summed E-state index contributed by atoms with van der Waals surface area (Å²) in [5, 5.41) is 0. The smallest absolute Gasteiger partial charge is 0.194 e. The molecule has 0 saturated heterocycles. The number of benzene rings is 1. The van der Waals surface area contributed by atoms with Crippen LogP contribution in [0.15, 0.2) is 12.1 Å². The van der Waals surface area contributed by atoms with E-state index in [-0.39, 0.29) is 5.92 Å². The van der Waals surface area contributed by atoms with Gasteiger partial charge in [0.2, 0.25) is 0 Å². The lowest BCUT2D eigenvalue weighted by atomic mass is 9.68. The third kappa shape index (κ3) is 6.73. The lowest BCUT2D eigenvalue weighted by Crippen LogP contribution is -2.25. The van der Waals surface area contributed by atoms with Crippen molar-refractivity contribution in [3.63, 3.8) is 0 Å². The predicted molar refractivity (Wildman–Crippen MR) is 116 cm³/mol. The molecule has 0 aliphatic heterocycles. The summed E-state index contributed by atoms with van der Waals surface area (Å²) in [5.74, 6) is -0.778. The van der Waals surface area contributed by atoms with Crippen LogP contribution in [0.25, 0.3) is 0 Å². The van der Waals surface area contributed by atoms with Gasteiger partial charge in [0.15, 0.2) is 17.5 Å². The van der Waals surface area contributed by atoms with Crippen LogP contribution in [0.1, 0.15) is 101 Å². The lowest BCUT2D eigenvalue weighted by Gasteiger charge is -2.38. The van der Waals surface area contributed by atoms with Crippen LogP contribution in [-0.4, -0.2) is 13.7 Å². The van der Waals surface area contributed by atoms with Crippen LogP contribution in [0.4, 0.5) is 13.2 Å². The van der Waals surface area contributed by atoms with Crippen LogP contribution >= 0.6 is 0 Å². The largest absolute Gasteiger partial charge is 0.385 e. The molecule has 0 spiro atoms. The van der Waals surface area contributed by atoms with Crippen molar-refractivity contribution >= 4 is 0 Å². The summed E-state index contributed by atoms with van der Waals surface area (Å²) in [5.41, 5.74) is 0.635. The Morgan fingerprint density at radius 2 is 1.27 bits per heavy atom. The van der Waals surface area contributed by atoms with Crippen molar-refractivity contribution in [3.05, 3.63) is 35.1 Å². The van der Waals surface area contributed by atoms with Gasteiger partial charge in [-0.2, -0.15) is 0 Å². The van der Waals surface area contributed by atoms with E-state index in [1.165, 1.54) is 76.3 Å². The summed E-state index contributed by atoms with van der Waals surface area (Å²) in [6.45, 7) is 0.892. The molecule has 0 unspecified atom stereocenters. The third-order valence-corrected chi connectivity index (χ3v) is 7.77. The normalized spacial score (nSPS) is 27.3. The molecular formula is C26H39F3O. The van der Waals surface area contributed by atoms with Crippen LogP contribution < -0.4 is 0 Å². The highest BCUT2D eigenvalue weighted by Crippen LogP contribution is 2.44. The zero-order chi connectivity index (χ0) is 21.3. The van der Waals surface area contributed by atoms with Crippen molar-refractivity contribution in [1.82, 2.24) is 0 Å². The van der Waals surface area contributed by atoms with Crippen LogP contribution in [0.3, 0.4) is 0 Å². The fourth-order valence-electron chi connectivity index (χ4n) is 5.89. The van der Waals surface area contributed by atoms with Crippen molar-refractivity contribution < 1.29 is 17.9 Å². The van der Waals surface area contributed by atoms with Crippen LogP contribution in [0.2, 0.25) is 0 Å². The van der Waals surface area contributed by atoms with Crippen molar-refractivity contribution in [2.24, 2.45) is 17.8 Å². The molecular weight excluding hydrogens is 385 g/mol. The van der Waals surface area contributed by atoms with E-state index in [4.69, 9.17) is 4.74 Å². The molecule has 2 aliphatic carbocycles. The van der Waals surface area contributed by atoms with E-state index in [1.54, 1.807) is 7.11 Å². The van der Waals surface area contributed by atoms with Crippen molar-refractivity contribution in [3.8, 4) is 0 Å². The molecule has 1 aromatic carbocycles. The second kappa shape index (κ2) is 12.1. The predicted octanol–water partition coefficient (Wildman–Crippen LogP) is 8.17. The van der Waals surface area contributed by atoms with E-state index < -0.39 is 17.5 Å². The van der Waals surface area contributed by atoms with E-state index in [0.29, 0.717) is 5.56 Å². The van der Waals surface area contributed by atoms with Gasteiger partial charge in [-0.15, -0.1) is 0 Å². The highest BCUT2D eigenvalue weighted by molar-refractivity contribution is 5.23. The Balaban J connectivity index is 1.33. The summed E-state index contributed by atoms with van der Waals surface area (Å²) in [6.07, 6.45) is 17.6. The van der Waals surface area contributed by atoms with E-state index in [2.05, 4.69) is 0 Å². The zero-order valence-corrected chi connectivity index (χ0v) is 18.6. The van der Waals surface area contributed by atoms with Gasteiger partial charge in [-0.25, -0.2) is 13.2 Å². The standard InChI is InChI=1S/C26H39F3O/c1-30-16-6-4-2-3-5-7-19-8-10-20(11-9-19)21-12-14-22(15-13-21)23-17-24(27)26(29)25(28)18-23/h17-22H,2-16H2,1H3. The molecule has 1 nitrogen and oxygen atoms in total. The molecule has 2 fully saturated rings. The molecule has 0 heterocycles. The van der Waals surface area contributed by atoms with E-state index >= 15 is 0 Å². The Hall–Kier alpha value is -1.03. The minimum Gasteiger partial charge on any atom is -0.385 e. The molecule has 170 valence electrons. The summed E-state index contributed by atoms with van der Waals surface area (Å²) in [6, 6.07) is 2.40. The van der Waals surface area contributed by atoms with Crippen molar-refractivity contribution in [2.75, 3.05) is 13.7 Å². The van der Waals surface area contributed by atoms with Gasteiger partial charge in [0.25, 0.3) is 0 Å². The number of methoxy groups -OCH3 is 1. The number of hydrogen-bond donors (Lipinski definition) is 0. The molecule has 0 amide bonds. The van der Waals surface area contributed by atoms with E-state index in [1.807, 2.05) is 0 Å². The van der Waals surface area contributed by atoms with Gasteiger partial charge in [-0.05, 0) is 86.3 Å². The summed E-state index contributed by atoms with van der Waals surface area (Å²) < 4.78 is 45.4. The van der Waals surface area contributed by atoms with Gasteiger partial charge in [-0.3, -0.25) is 0 Å². The van der Waals surface area contributed by atoms with Crippen LogP contribution in [0, 0.1) is 35.2 Å². The van der Waals surface area contributed by atoms with Gasteiger partial charge in [0.1, 0.15) is 0 Å². The fraction of sp³-hybridized carbons (Fsp3) is 0.769. The summed E-state index contributed by atoms with van der Waals surface area (Å²) in [4.78, 5) is 0. The Morgan fingerprint density at radius 3 is 1.87 bits per heavy atom. The molecule has 4 heteroatoms. The quantitative estimate of drug-likeness (QED) is 0.272. The summed E-state index contributed by atoms with van der Waals surface area (Å²) in [7, 11) is 1.77. The Kier molecular flexibility index (Phi) is 9.55. The first-order chi connectivity index (χ1) is 14.6. The first kappa shape index (κ1) is 23.6. The molecule has 0 bridgehead atoms. The third-order valence-electron chi connectivity index (χ3n) is 7.77.